The summed E-state index contributed by atoms with van der Waals surface area (Å²) in [7, 11) is -5.04. The highest BCUT2D eigenvalue weighted by Crippen LogP contribution is 2.62. The maximum atomic E-state index is 14.4. The zero-order valence-electron chi connectivity index (χ0n) is 53.5. The first kappa shape index (κ1) is 69.3. The van der Waals surface area contributed by atoms with Gasteiger partial charge in [0.05, 0.1) is 48.3 Å². The van der Waals surface area contributed by atoms with Gasteiger partial charge in [-0.2, -0.15) is 0 Å². The van der Waals surface area contributed by atoms with Gasteiger partial charge < -0.3 is 68.1 Å². The average molecular weight is 1270 g/mol. The van der Waals surface area contributed by atoms with Crippen LogP contribution in [0, 0.1) is 59.2 Å². The number of ether oxygens (including phenoxy) is 1. The molecule has 0 radical (unpaired) electrons. The number of aromatic nitrogens is 2. The summed E-state index contributed by atoms with van der Waals surface area (Å²) in [6, 6.07) is 2.94. The number of hydrogen-bond donors (Lipinski definition) is 11. The van der Waals surface area contributed by atoms with Crippen LogP contribution in [0.15, 0.2) is 67.8 Å². The number of phosphoric acid groups is 1. The maximum absolute atomic E-state index is 14.4. The second-order valence-corrected chi connectivity index (χ2v) is 28.3. The molecule has 15 atom stereocenters. The summed E-state index contributed by atoms with van der Waals surface area (Å²) in [6.07, 6.45) is -1.92. The molecule has 0 aliphatic carbocycles. The van der Waals surface area contributed by atoms with Gasteiger partial charge in [0.25, 0.3) is 0 Å². The number of nitrogens with two attached hydrogens (primary N) is 5. The molecular weight excluding hydrogens is 1180 g/mol. The third-order valence-electron chi connectivity index (χ3n) is 20.8. The molecule has 6 aliphatic heterocycles. The number of fused-ring (bicyclic) bond motifs is 7. The largest absolute Gasteiger partial charge is 0.472 e. The molecule has 1 aromatic carbocycles. The normalized spacial score (nSPS) is 32.1. The number of nitrogens with one attached hydrogen (secondary N) is 3. The molecule has 494 valence electrons. The van der Waals surface area contributed by atoms with E-state index in [4.69, 9.17) is 62.4 Å². The predicted molar refractivity (Wildman–Crippen MR) is 335 cm³/mol. The lowest BCUT2D eigenvalue weighted by Gasteiger charge is -2.48. The Morgan fingerprint density at radius 1 is 0.878 bits per heavy atom. The second kappa shape index (κ2) is 26.6. The Bertz CT molecular complexity index is 3430. The Labute approximate surface area is 524 Å². The highest BCUT2D eigenvalue weighted by atomic mass is 31.2. The first-order chi connectivity index (χ1) is 42.1. The topological polar surface area (TPSA) is 438 Å². The van der Waals surface area contributed by atoms with E-state index in [0.29, 0.717) is 62.8 Å². The summed E-state index contributed by atoms with van der Waals surface area (Å²) < 4.78 is 32.4. The standard InChI is InChI=1S/C62H92N13O14P/c1-31-22-41-42(23-32(31)2)75(29-70-41)57-52(83)53(43(28-76)87-57)89-90(84,85)88-33(3)26-69-49(82)18-19-59(8)39(27-68-30-77)56-62(11)61(10,20-21-86-67)38(14-17-47(65)80)51(74-62)35(5)55-60(9,25-48(66)81)36(12-15-45(63)78)40(71-55)24-44-58(6,7)37(13-16-46(64)79)50(72-44)34(4)54(59)73-56/h22-24,29-30,33,36-39,43,52-53,56-57,71,76,83H,12-21,25-28,67H2,1-11H3,(H2,63,78)(H2,64,79)(H2,65,80)(H2,66,81)(H,68,77)(H,69,82)(H,84,85)/t33-,36-,37-,38-,39+,43-,52-,53-,56-,57?,59-,60+,61+,62+/m1/s1. The third kappa shape index (κ3) is 13.1. The van der Waals surface area contributed by atoms with Gasteiger partial charge in [-0.25, -0.2) is 15.4 Å². The smallest absolute Gasteiger partial charge is 0.394 e. The molecule has 90 heavy (non-hydrogen) atoms. The van der Waals surface area contributed by atoms with E-state index < -0.39 is 132 Å². The van der Waals surface area contributed by atoms with Gasteiger partial charge in [-0.05, 0) is 114 Å². The van der Waals surface area contributed by atoms with Crippen molar-refractivity contribution in [2.45, 2.75) is 183 Å². The Morgan fingerprint density at radius 3 is 2.12 bits per heavy atom. The van der Waals surface area contributed by atoms with Crippen LogP contribution in [0.4, 0.5) is 0 Å². The van der Waals surface area contributed by atoms with Crippen molar-refractivity contribution < 1.29 is 67.1 Å². The number of benzene rings is 1. The van der Waals surface area contributed by atoms with E-state index in [9.17, 15) is 48.4 Å². The molecule has 1 aromatic heterocycles. The molecule has 16 N–H and O–H groups in total. The number of primary amides is 4. The minimum atomic E-state index is -5.04. The summed E-state index contributed by atoms with van der Waals surface area (Å²) in [5.41, 5.74) is 26.7. The van der Waals surface area contributed by atoms with E-state index in [1.54, 1.807) is 4.57 Å². The number of aliphatic hydroxyl groups is 2. The number of allylic oxidation sites excluding steroid dienone is 6. The molecule has 0 saturated carbocycles. The zero-order chi connectivity index (χ0) is 66.4. The molecule has 0 spiro atoms. The number of carbonyl (C=O) groups is 6. The first-order valence-corrected chi connectivity index (χ1v) is 32.3. The minimum Gasteiger partial charge on any atom is -0.394 e. The lowest BCUT2D eigenvalue weighted by atomic mass is 9.56. The van der Waals surface area contributed by atoms with Gasteiger partial charge in [0, 0.05) is 125 Å². The number of aliphatic imine (C=N–C) groups is 3. The summed E-state index contributed by atoms with van der Waals surface area (Å²) in [6.45, 7) is 20.2. The Morgan fingerprint density at radius 2 is 1.51 bits per heavy atom. The molecule has 8 bridgehead atoms. The van der Waals surface area contributed by atoms with Gasteiger partial charge in [-0.3, -0.25) is 52.8 Å². The van der Waals surface area contributed by atoms with Crippen molar-refractivity contribution in [2.75, 3.05) is 26.3 Å². The number of aryl methyl sites for hydroxylation is 2. The molecule has 2 aromatic rings. The zero-order valence-corrected chi connectivity index (χ0v) is 54.4. The van der Waals surface area contributed by atoms with E-state index in [2.05, 4.69) is 20.9 Å². The van der Waals surface area contributed by atoms with Crippen LogP contribution in [0.1, 0.15) is 144 Å². The van der Waals surface area contributed by atoms with Crippen LogP contribution >= 0.6 is 7.82 Å². The van der Waals surface area contributed by atoms with Crippen LogP contribution in [0.5, 0.6) is 0 Å². The number of aliphatic hydroxyl groups excluding tert-OH is 2. The second-order valence-electron chi connectivity index (χ2n) is 26.9. The van der Waals surface area contributed by atoms with E-state index in [0.717, 1.165) is 11.1 Å². The minimum absolute atomic E-state index is 0.00120. The Kier molecular flexibility index (Phi) is 20.5. The van der Waals surface area contributed by atoms with Crippen molar-refractivity contribution in [2.24, 2.45) is 89.1 Å². The maximum Gasteiger partial charge on any atom is 0.472 e. The number of nitrogens with zero attached hydrogens (tertiary/aromatic N) is 5. The summed E-state index contributed by atoms with van der Waals surface area (Å²) in [4.78, 5) is 117. The average Bonchev–Trinajstić information content (AvgIpc) is 1.53. The van der Waals surface area contributed by atoms with Crippen molar-refractivity contribution in [3.05, 3.63) is 63.9 Å². The first-order valence-electron chi connectivity index (χ1n) is 30.8. The fourth-order valence-electron chi connectivity index (χ4n) is 15.4. The lowest BCUT2D eigenvalue weighted by molar-refractivity contribution is -0.122. The van der Waals surface area contributed by atoms with Crippen LogP contribution in [0.3, 0.4) is 0 Å². The fourth-order valence-corrected chi connectivity index (χ4v) is 16.6. The molecule has 6 amide bonds. The van der Waals surface area contributed by atoms with Gasteiger partial charge in [0.15, 0.2) is 6.23 Å². The predicted octanol–water partition coefficient (Wildman–Crippen LogP) is 3.44. The third-order valence-corrected chi connectivity index (χ3v) is 21.9. The van der Waals surface area contributed by atoms with E-state index in [1.807, 2.05) is 87.4 Å². The van der Waals surface area contributed by atoms with E-state index in [-0.39, 0.29) is 83.9 Å². The molecule has 27 nitrogen and oxygen atoms in total. The summed E-state index contributed by atoms with van der Waals surface area (Å²) in [5, 5.41) is 31.3. The quantitative estimate of drug-likeness (QED) is 0.0330. The van der Waals surface area contributed by atoms with Gasteiger partial charge in [-0.1, -0.05) is 34.6 Å². The SMILES string of the molecule is CC1=C2N=C(C=C3NC(=C(C)C4=N[C@@](C)([C@@H]5N=C1[C@](C)(CCC(=O)NC[C@@H](C)OP(=O)(O)O[C@@H]1[C@@H](CO)OC(n6cnc7cc(C)c(C)cc76)[C@@H]1O)[C@H]5CNC=O)[C@@](C)(CCON)[C@@H]4CCC(N)=O)[C@@](C)(CC(N)=O)[C@@H]3CCC(N)=O)C(C)(C)[C@@H]2CCC(N)=O. The molecule has 2 saturated heterocycles. The molecule has 6 aliphatic rings. The van der Waals surface area contributed by atoms with Crippen LogP contribution in [0.2, 0.25) is 0 Å². The Balaban J connectivity index is 1.19. The van der Waals surface area contributed by atoms with Crippen molar-refractivity contribution in [1.82, 2.24) is 25.5 Å². The van der Waals surface area contributed by atoms with Gasteiger partial charge >= 0.3 is 7.82 Å². The fraction of sp³-hybridized carbons (Fsp3) is 0.645. The van der Waals surface area contributed by atoms with E-state index >= 15 is 0 Å². The van der Waals surface area contributed by atoms with Gasteiger partial charge in [-0.15, -0.1) is 0 Å². The van der Waals surface area contributed by atoms with Gasteiger partial charge in [0.1, 0.15) is 18.3 Å². The molecular formula is C62H92N13O14P. The highest BCUT2D eigenvalue weighted by molar-refractivity contribution is 7.47. The van der Waals surface area contributed by atoms with Crippen molar-refractivity contribution in [3.8, 4) is 0 Å². The number of imidazole rings is 1. The van der Waals surface area contributed by atoms with Gasteiger partial charge in [0.2, 0.25) is 35.9 Å². The lowest BCUT2D eigenvalue weighted by Crippen LogP contribution is -2.56. The van der Waals surface area contributed by atoms with Crippen molar-refractivity contribution in [1.29, 1.82) is 0 Å². The molecule has 28 heteroatoms. The number of carbonyl (C=O) groups excluding carboxylic acids is 6. The molecule has 7 heterocycles. The van der Waals surface area contributed by atoms with Crippen LogP contribution < -0.4 is 44.8 Å². The number of amides is 6. The number of hydrogen-bond acceptors (Lipinski definition) is 19. The van der Waals surface area contributed by atoms with Crippen LogP contribution in [0.25, 0.3) is 11.0 Å². The van der Waals surface area contributed by atoms with Crippen LogP contribution in [-0.4, -0.2) is 140 Å². The summed E-state index contributed by atoms with van der Waals surface area (Å²) in [5.74, 6) is 0.956. The number of rotatable bonds is 28. The van der Waals surface area contributed by atoms with E-state index in [1.165, 1.54) is 13.3 Å². The Hall–Kier alpha value is -6.55. The molecule has 2 unspecified atom stereocenters. The number of phosphoric ester groups is 1. The highest BCUT2D eigenvalue weighted by Gasteiger charge is 2.66. The van der Waals surface area contributed by atoms with Crippen molar-refractivity contribution >= 4 is 71.9 Å². The monoisotopic (exact) mass is 1270 g/mol. The molecule has 2 fully saturated rings. The summed E-state index contributed by atoms with van der Waals surface area (Å²) >= 11 is 0. The van der Waals surface area contributed by atoms with Crippen LogP contribution in [-0.2, 0) is 52.0 Å². The van der Waals surface area contributed by atoms with Crippen molar-refractivity contribution in [3.63, 3.8) is 0 Å². The molecule has 8 rings (SSSR count).